The van der Waals surface area contributed by atoms with Crippen LogP contribution in [0.5, 0.6) is 5.75 Å². The summed E-state index contributed by atoms with van der Waals surface area (Å²) in [4.78, 5) is 22.7. The number of nitrogens with zero attached hydrogens (tertiary/aromatic N) is 3. The van der Waals surface area contributed by atoms with Gasteiger partial charge in [0.25, 0.3) is 5.91 Å². The maximum Gasteiger partial charge on any atom is 0.275 e. The van der Waals surface area contributed by atoms with Crippen LogP contribution in [0.15, 0.2) is 47.2 Å². The van der Waals surface area contributed by atoms with Crippen molar-refractivity contribution in [2.75, 3.05) is 13.1 Å². The van der Waals surface area contributed by atoms with Crippen LogP contribution >= 0.6 is 0 Å². The van der Waals surface area contributed by atoms with E-state index in [4.69, 9.17) is 9.15 Å². The number of hydrogen-bond donors (Lipinski definition) is 0. The summed E-state index contributed by atoms with van der Waals surface area (Å²) < 4.78 is 11.2. The number of hydrogen-bond acceptors (Lipinski definition) is 5. The highest BCUT2D eigenvalue weighted by Gasteiger charge is 2.22. The average molecular weight is 323 g/mol. The van der Waals surface area contributed by atoms with Gasteiger partial charge in [-0.1, -0.05) is 18.2 Å². The SMILES string of the molecule is O=C(c1coc(COc2cccc3cccnc23)n1)N1CCCC1. The number of likely N-dealkylation sites (tertiary alicyclic amines) is 1. The third kappa shape index (κ3) is 2.82. The first-order valence-electron chi connectivity index (χ1n) is 8.01. The van der Waals surface area contributed by atoms with Crippen molar-refractivity contribution in [3.05, 3.63) is 54.4 Å². The van der Waals surface area contributed by atoms with Crippen molar-refractivity contribution in [2.45, 2.75) is 19.4 Å². The maximum absolute atomic E-state index is 12.3. The third-order valence-electron chi connectivity index (χ3n) is 4.11. The van der Waals surface area contributed by atoms with Crippen molar-refractivity contribution in [1.29, 1.82) is 0 Å². The molecule has 1 aliphatic heterocycles. The molecule has 24 heavy (non-hydrogen) atoms. The highest BCUT2D eigenvalue weighted by molar-refractivity contribution is 5.92. The lowest BCUT2D eigenvalue weighted by molar-refractivity contribution is 0.0787. The van der Waals surface area contributed by atoms with Gasteiger partial charge in [0.1, 0.15) is 17.5 Å². The number of ether oxygens (including phenoxy) is 1. The molecule has 3 heterocycles. The molecular weight excluding hydrogens is 306 g/mol. The summed E-state index contributed by atoms with van der Waals surface area (Å²) in [6, 6.07) is 9.61. The quantitative estimate of drug-likeness (QED) is 0.738. The van der Waals surface area contributed by atoms with Crippen LogP contribution < -0.4 is 4.74 Å². The van der Waals surface area contributed by atoms with E-state index in [9.17, 15) is 4.79 Å². The highest BCUT2D eigenvalue weighted by Crippen LogP contribution is 2.24. The Morgan fingerprint density at radius 3 is 2.92 bits per heavy atom. The summed E-state index contributed by atoms with van der Waals surface area (Å²) in [6.07, 6.45) is 5.23. The van der Waals surface area contributed by atoms with Gasteiger partial charge < -0.3 is 14.1 Å². The van der Waals surface area contributed by atoms with Gasteiger partial charge in [-0.2, -0.15) is 0 Å². The van der Waals surface area contributed by atoms with Crippen LogP contribution in [-0.2, 0) is 6.61 Å². The van der Waals surface area contributed by atoms with E-state index in [-0.39, 0.29) is 12.5 Å². The van der Waals surface area contributed by atoms with Gasteiger partial charge >= 0.3 is 0 Å². The van der Waals surface area contributed by atoms with Crippen LogP contribution in [0.4, 0.5) is 0 Å². The predicted molar refractivity (Wildman–Crippen MR) is 87.7 cm³/mol. The number of carbonyl (C=O) groups is 1. The summed E-state index contributed by atoms with van der Waals surface area (Å²) in [5, 5.41) is 1.01. The van der Waals surface area contributed by atoms with Crippen molar-refractivity contribution in [3.63, 3.8) is 0 Å². The van der Waals surface area contributed by atoms with E-state index in [1.54, 1.807) is 11.1 Å². The number of aromatic nitrogens is 2. The molecule has 2 aromatic heterocycles. The Balaban J connectivity index is 1.47. The highest BCUT2D eigenvalue weighted by atomic mass is 16.5. The first-order valence-corrected chi connectivity index (χ1v) is 8.01. The lowest BCUT2D eigenvalue weighted by Crippen LogP contribution is -2.27. The normalized spacial score (nSPS) is 14.2. The zero-order valence-electron chi connectivity index (χ0n) is 13.1. The Kier molecular flexibility index (Phi) is 3.86. The minimum Gasteiger partial charge on any atom is -0.482 e. The monoisotopic (exact) mass is 323 g/mol. The van der Waals surface area contributed by atoms with E-state index in [0.29, 0.717) is 17.3 Å². The summed E-state index contributed by atoms with van der Waals surface area (Å²) in [5.74, 6) is 0.971. The van der Waals surface area contributed by atoms with Gasteiger partial charge in [-0.25, -0.2) is 4.98 Å². The number of oxazole rings is 1. The van der Waals surface area contributed by atoms with E-state index in [1.165, 1.54) is 6.26 Å². The topological polar surface area (TPSA) is 68.5 Å². The molecule has 3 aromatic rings. The Hall–Kier alpha value is -2.89. The Morgan fingerprint density at radius 1 is 1.21 bits per heavy atom. The fourth-order valence-corrected chi connectivity index (χ4v) is 2.89. The van der Waals surface area contributed by atoms with Gasteiger partial charge in [0.15, 0.2) is 12.3 Å². The second kappa shape index (κ2) is 6.31. The van der Waals surface area contributed by atoms with Gasteiger partial charge in [-0.15, -0.1) is 0 Å². The molecular formula is C18H17N3O3. The Bertz CT molecular complexity index is 863. The molecule has 122 valence electrons. The standard InChI is InChI=1S/C18H17N3O3/c22-18(21-9-1-2-10-21)14-11-24-16(20-14)12-23-15-7-3-5-13-6-4-8-19-17(13)15/h3-8,11H,1-2,9-10,12H2. The first-order chi connectivity index (χ1) is 11.8. The van der Waals surface area contributed by atoms with Crippen molar-refractivity contribution in [3.8, 4) is 5.75 Å². The van der Waals surface area contributed by atoms with E-state index < -0.39 is 0 Å². The van der Waals surface area contributed by atoms with Gasteiger partial charge in [0.2, 0.25) is 5.89 Å². The number of benzene rings is 1. The summed E-state index contributed by atoms with van der Waals surface area (Å²) >= 11 is 0. The second-order valence-electron chi connectivity index (χ2n) is 5.75. The number of para-hydroxylation sites is 1. The van der Waals surface area contributed by atoms with Gasteiger partial charge in [-0.05, 0) is 25.0 Å². The minimum atomic E-state index is -0.0747. The number of fused-ring (bicyclic) bond motifs is 1. The van der Waals surface area contributed by atoms with Gasteiger partial charge in [0, 0.05) is 24.7 Å². The van der Waals surface area contributed by atoms with E-state index in [2.05, 4.69) is 9.97 Å². The smallest absolute Gasteiger partial charge is 0.275 e. The second-order valence-corrected chi connectivity index (χ2v) is 5.75. The Labute approximate surface area is 139 Å². The van der Waals surface area contributed by atoms with Crippen LogP contribution in [0.1, 0.15) is 29.2 Å². The maximum atomic E-state index is 12.3. The van der Waals surface area contributed by atoms with Crippen LogP contribution in [-0.4, -0.2) is 33.9 Å². The molecule has 6 nitrogen and oxygen atoms in total. The fraction of sp³-hybridized carbons (Fsp3) is 0.278. The van der Waals surface area contributed by atoms with E-state index in [1.807, 2.05) is 30.3 Å². The zero-order valence-corrected chi connectivity index (χ0v) is 13.1. The average Bonchev–Trinajstić information content (AvgIpc) is 3.31. The molecule has 1 aromatic carbocycles. The van der Waals surface area contributed by atoms with E-state index >= 15 is 0 Å². The van der Waals surface area contributed by atoms with Gasteiger partial charge in [0.05, 0.1) is 0 Å². The third-order valence-corrected chi connectivity index (χ3v) is 4.11. The molecule has 0 atom stereocenters. The van der Waals surface area contributed by atoms with Crippen molar-refractivity contribution in [2.24, 2.45) is 0 Å². The van der Waals surface area contributed by atoms with Crippen molar-refractivity contribution in [1.82, 2.24) is 14.9 Å². The molecule has 0 aliphatic carbocycles. The lowest BCUT2D eigenvalue weighted by Gasteiger charge is -2.12. The van der Waals surface area contributed by atoms with Crippen LogP contribution in [0.2, 0.25) is 0 Å². The van der Waals surface area contributed by atoms with Crippen molar-refractivity contribution < 1.29 is 13.9 Å². The molecule has 0 N–H and O–H groups in total. The van der Waals surface area contributed by atoms with Crippen molar-refractivity contribution >= 4 is 16.8 Å². The van der Waals surface area contributed by atoms with Crippen LogP contribution in [0.3, 0.4) is 0 Å². The number of pyridine rings is 1. The van der Waals surface area contributed by atoms with E-state index in [0.717, 1.165) is 36.8 Å². The molecule has 0 radical (unpaired) electrons. The largest absolute Gasteiger partial charge is 0.482 e. The number of carbonyl (C=O) groups excluding carboxylic acids is 1. The summed E-state index contributed by atoms with van der Waals surface area (Å²) in [6.45, 7) is 1.74. The predicted octanol–water partition coefficient (Wildman–Crippen LogP) is 3.04. The van der Waals surface area contributed by atoms with Crippen LogP contribution in [0, 0.1) is 0 Å². The molecule has 1 amide bonds. The molecule has 0 saturated carbocycles. The number of amides is 1. The molecule has 1 aliphatic rings. The molecule has 0 bridgehead atoms. The molecule has 0 unspecified atom stereocenters. The lowest BCUT2D eigenvalue weighted by atomic mass is 10.2. The summed E-state index contributed by atoms with van der Waals surface area (Å²) in [5.41, 5.74) is 1.13. The van der Waals surface area contributed by atoms with Gasteiger partial charge in [-0.3, -0.25) is 9.78 Å². The molecule has 1 fully saturated rings. The fourth-order valence-electron chi connectivity index (χ4n) is 2.89. The number of rotatable bonds is 4. The molecule has 1 saturated heterocycles. The molecule has 0 spiro atoms. The molecule has 6 heteroatoms. The Morgan fingerprint density at radius 2 is 2.04 bits per heavy atom. The molecule has 4 rings (SSSR count). The van der Waals surface area contributed by atoms with Crippen LogP contribution in [0.25, 0.3) is 10.9 Å². The minimum absolute atomic E-state index is 0.0747. The zero-order chi connectivity index (χ0) is 16.4. The summed E-state index contributed by atoms with van der Waals surface area (Å²) in [7, 11) is 0. The first kappa shape index (κ1) is 14.7.